The SMILES string of the molecule is C[C@@H]1Cc2[nH]cc(C(=O)Nc3cccc(F)c3)c2-c2nccn21. The molecule has 0 aliphatic carbocycles. The standard InChI is InChI=1S/C17H15FN4O/c1-10-7-14-15(16-19-5-6-22(10)16)13(9-20-14)17(23)21-12-4-2-3-11(18)8-12/h2-6,8-10,20H,7H2,1H3,(H,21,23)/t10-/m1/s1. The second-order valence-electron chi connectivity index (χ2n) is 5.73. The van der Waals surface area contributed by atoms with Gasteiger partial charge in [-0.1, -0.05) is 6.07 Å². The fourth-order valence-electron chi connectivity index (χ4n) is 3.08. The Hall–Kier alpha value is -2.89. The molecule has 5 nitrogen and oxygen atoms in total. The molecule has 1 atom stereocenters. The third-order valence-corrected chi connectivity index (χ3v) is 4.16. The van der Waals surface area contributed by atoms with E-state index < -0.39 is 0 Å². The lowest BCUT2D eigenvalue weighted by molar-refractivity contribution is 0.102. The Labute approximate surface area is 132 Å². The maximum atomic E-state index is 13.3. The van der Waals surface area contributed by atoms with Crippen LogP contribution < -0.4 is 5.32 Å². The van der Waals surface area contributed by atoms with E-state index in [9.17, 15) is 9.18 Å². The Morgan fingerprint density at radius 3 is 3.17 bits per heavy atom. The normalized spacial score (nSPS) is 15.8. The molecule has 0 saturated carbocycles. The van der Waals surface area contributed by atoms with Crippen LogP contribution in [0.1, 0.15) is 29.0 Å². The molecule has 0 saturated heterocycles. The lowest BCUT2D eigenvalue weighted by Gasteiger charge is -2.22. The maximum Gasteiger partial charge on any atom is 0.257 e. The van der Waals surface area contributed by atoms with E-state index in [1.165, 1.54) is 12.1 Å². The van der Waals surface area contributed by atoms with Gasteiger partial charge in [0.25, 0.3) is 5.91 Å². The monoisotopic (exact) mass is 310 g/mol. The predicted octanol–water partition coefficient (Wildman–Crippen LogP) is 3.39. The quantitative estimate of drug-likeness (QED) is 0.762. The minimum absolute atomic E-state index is 0.280. The van der Waals surface area contributed by atoms with Gasteiger partial charge < -0.3 is 14.9 Å². The minimum Gasteiger partial charge on any atom is -0.364 e. The number of anilines is 1. The van der Waals surface area contributed by atoms with Crippen LogP contribution in [0.25, 0.3) is 11.4 Å². The summed E-state index contributed by atoms with van der Waals surface area (Å²) in [6.07, 6.45) is 6.16. The number of carbonyl (C=O) groups excluding carboxylic acids is 1. The summed E-state index contributed by atoms with van der Waals surface area (Å²) in [5.41, 5.74) is 2.77. The first-order valence-corrected chi connectivity index (χ1v) is 7.44. The van der Waals surface area contributed by atoms with Crippen molar-refractivity contribution >= 4 is 11.6 Å². The van der Waals surface area contributed by atoms with E-state index in [1.807, 2.05) is 6.20 Å². The number of fused-ring (bicyclic) bond motifs is 3. The molecule has 3 heterocycles. The van der Waals surface area contributed by atoms with Crippen LogP contribution in [-0.2, 0) is 6.42 Å². The first-order chi connectivity index (χ1) is 11.1. The van der Waals surface area contributed by atoms with E-state index >= 15 is 0 Å². The summed E-state index contributed by atoms with van der Waals surface area (Å²) in [5, 5.41) is 2.73. The van der Waals surface area contributed by atoms with Gasteiger partial charge in [0.2, 0.25) is 0 Å². The summed E-state index contributed by atoms with van der Waals surface area (Å²) < 4.78 is 15.3. The fourth-order valence-corrected chi connectivity index (χ4v) is 3.08. The van der Waals surface area contributed by atoms with E-state index in [-0.39, 0.29) is 17.8 Å². The van der Waals surface area contributed by atoms with Crippen molar-refractivity contribution in [2.45, 2.75) is 19.4 Å². The molecular formula is C17H15FN4O. The summed E-state index contributed by atoms with van der Waals surface area (Å²) >= 11 is 0. The highest BCUT2D eigenvalue weighted by Crippen LogP contribution is 2.35. The van der Waals surface area contributed by atoms with Crippen LogP contribution >= 0.6 is 0 Å². The highest BCUT2D eigenvalue weighted by atomic mass is 19.1. The van der Waals surface area contributed by atoms with E-state index in [0.717, 1.165) is 23.5 Å². The van der Waals surface area contributed by atoms with Crippen molar-refractivity contribution in [1.29, 1.82) is 0 Å². The van der Waals surface area contributed by atoms with Crippen molar-refractivity contribution in [2.75, 3.05) is 5.32 Å². The topological polar surface area (TPSA) is 62.7 Å². The van der Waals surface area contributed by atoms with Crippen molar-refractivity contribution in [1.82, 2.24) is 14.5 Å². The Bertz CT molecular complexity index is 896. The van der Waals surface area contributed by atoms with E-state index in [0.29, 0.717) is 11.3 Å². The molecule has 1 aliphatic rings. The molecule has 0 bridgehead atoms. The molecule has 4 rings (SSSR count). The van der Waals surface area contributed by atoms with Crippen LogP contribution in [-0.4, -0.2) is 20.4 Å². The molecule has 0 radical (unpaired) electrons. The van der Waals surface area contributed by atoms with Gasteiger partial charge in [0.1, 0.15) is 11.6 Å². The summed E-state index contributed by atoms with van der Waals surface area (Å²) in [6, 6.07) is 6.14. The number of nitrogens with one attached hydrogen (secondary N) is 2. The lowest BCUT2D eigenvalue weighted by atomic mass is 10.0. The van der Waals surface area contributed by atoms with E-state index in [2.05, 4.69) is 26.8 Å². The summed E-state index contributed by atoms with van der Waals surface area (Å²) in [5.74, 6) is 0.116. The largest absolute Gasteiger partial charge is 0.364 e. The van der Waals surface area contributed by atoms with Crippen molar-refractivity contribution in [2.24, 2.45) is 0 Å². The highest BCUT2D eigenvalue weighted by Gasteiger charge is 2.28. The third kappa shape index (κ3) is 2.23. The molecule has 1 aliphatic heterocycles. The predicted molar refractivity (Wildman–Crippen MR) is 84.8 cm³/mol. The van der Waals surface area contributed by atoms with Gasteiger partial charge in [-0.3, -0.25) is 4.79 Å². The third-order valence-electron chi connectivity index (χ3n) is 4.16. The van der Waals surface area contributed by atoms with Crippen LogP contribution in [0.4, 0.5) is 10.1 Å². The number of aromatic nitrogens is 3. The van der Waals surface area contributed by atoms with Crippen LogP contribution in [0.5, 0.6) is 0 Å². The second kappa shape index (κ2) is 5.08. The van der Waals surface area contributed by atoms with Gasteiger partial charge in [-0.25, -0.2) is 9.37 Å². The molecule has 23 heavy (non-hydrogen) atoms. The van der Waals surface area contributed by atoms with Gasteiger partial charge in [-0.15, -0.1) is 0 Å². The number of nitrogens with zero attached hydrogens (tertiary/aromatic N) is 2. The van der Waals surface area contributed by atoms with Crippen molar-refractivity contribution in [3.05, 3.63) is 59.9 Å². The smallest absolute Gasteiger partial charge is 0.257 e. The number of aromatic amines is 1. The summed E-state index contributed by atoms with van der Waals surface area (Å²) in [4.78, 5) is 20.1. The first kappa shape index (κ1) is 13.8. The first-order valence-electron chi connectivity index (χ1n) is 7.44. The minimum atomic E-state index is -0.386. The van der Waals surface area contributed by atoms with Gasteiger partial charge in [-0.05, 0) is 25.1 Å². The number of halogens is 1. The highest BCUT2D eigenvalue weighted by molar-refractivity contribution is 6.08. The molecule has 1 aromatic carbocycles. The van der Waals surface area contributed by atoms with Crippen molar-refractivity contribution in [3.8, 4) is 11.4 Å². The van der Waals surface area contributed by atoms with Gasteiger partial charge in [0, 0.05) is 42.4 Å². The Morgan fingerprint density at radius 1 is 1.48 bits per heavy atom. The summed E-state index contributed by atoms with van der Waals surface area (Å²) in [7, 11) is 0. The summed E-state index contributed by atoms with van der Waals surface area (Å²) in [6.45, 7) is 2.11. The molecular weight excluding hydrogens is 295 g/mol. The Kier molecular flexibility index (Phi) is 3.04. The van der Waals surface area contributed by atoms with Crippen LogP contribution in [0.2, 0.25) is 0 Å². The second-order valence-corrected chi connectivity index (χ2v) is 5.73. The number of hydrogen-bond acceptors (Lipinski definition) is 2. The lowest BCUT2D eigenvalue weighted by Crippen LogP contribution is -2.18. The van der Waals surface area contributed by atoms with E-state index in [1.54, 1.807) is 24.5 Å². The molecule has 0 fully saturated rings. The number of carbonyl (C=O) groups is 1. The Morgan fingerprint density at radius 2 is 2.35 bits per heavy atom. The molecule has 3 aromatic rings. The fraction of sp³-hybridized carbons (Fsp3) is 0.176. The van der Waals surface area contributed by atoms with Gasteiger partial charge in [0.15, 0.2) is 0 Å². The number of H-pyrrole nitrogens is 1. The molecule has 2 N–H and O–H groups in total. The number of benzene rings is 1. The molecule has 116 valence electrons. The van der Waals surface area contributed by atoms with Crippen molar-refractivity contribution < 1.29 is 9.18 Å². The van der Waals surface area contributed by atoms with Crippen molar-refractivity contribution in [3.63, 3.8) is 0 Å². The number of rotatable bonds is 2. The molecule has 1 amide bonds. The zero-order valence-electron chi connectivity index (χ0n) is 12.5. The van der Waals surface area contributed by atoms with Gasteiger partial charge in [0.05, 0.1) is 11.1 Å². The zero-order chi connectivity index (χ0) is 16.0. The number of hydrogen-bond donors (Lipinski definition) is 2. The number of amides is 1. The maximum absolute atomic E-state index is 13.3. The van der Waals surface area contributed by atoms with Gasteiger partial charge in [-0.2, -0.15) is 0 Å². The molecule has 6 heteroatoms. The molecule has 0 unspecified atom stereocenters. The van der Waals surface area contributed by atoms with Crippen LogP contribution in [0, 0.1) is 5.82 Å². The zero-order valence-corrected chi connectivity index (χ0v) is 12.5. The van der Waals surface area contributed by atoms with Crippen LogP contribution in [0.15, 0.2) is 42.9 Å². The average molecular weight is 310 g/mol. The number of imidazole rings is 1. The average Bonchev–Trinajstić information content (AvgIpc) is 3.13. The molecule has 2 aromatic heterocycles. The van der Waals surface area contributed by atoms with Crippen LogP contribution in [0.3, 0.4) is 0 Å². The van der Waals surface area contributed by atoms with Gasteiger partial charge >= 0.3 is 0 Å². The molecule has 0 spiro atoms. The van der Waals surface area contributed by atoms with E-state index in [4.69, 9.17) is 0 Å². The Balaban J connectivity index is 1.71.